The molecule has 154 valence electrons. The molecule has 0 aliphatic carbocycles. The van der Waals surface area contributed by atoms with E-state index in [1.165, 1.54) is 12.0 Å². The van der Waals surface area contributed by atoms with Gasteiger partial charge in [0.05, 0.1) is 32.8 Å². The second kappa shape index (κ2) is 7.13. The second-order valence-electron chi connectivity index (χ2n) is 8.71. The summed E-state index contributed by atoms with van der Waals surface area (Å²) in [5, 5.41) is 11.6. The Bertz CT molecular complexity index is 745. The maximum absolute atomic E-state index is 13.1. The van der Waals surface area contributed by atoms with Gasteiger partial charge in [-0.05, 0) is 5.56 Å². The SMILES string of the molecule is COC(=O)[C@]12CO[C@H](C(C)(C)C)N1C(=O)[C@@H](C)[C@]2(O)COCc1ccccc1. The van der Waals surface area contributed by atoms with Crippen LogP contribution in [0.2, 0.25) is 0 Å². The largest absolute Gasteiger partial charge is 0.467 e. The predicted molar refractivity (Wildman–Crippen MR) is 101 cm³/mol. The highest BCUT2D eigenvalue weighted by Gasteiger charge is 2.76. The van der Waals surface area contributed by atoms with Gasteiger partial charge in [0.1, 0.15) is 11.8 Å². The first-order chi connectivity index (χ1) is 13.1. The lowest BCUT2D eigenvalue weighted by Crippen LogP contribution is -2.67. The summed E-state index contributed by atoms with van der Waals surface area (Å²) >= 11 is 0. The first-order valence-corrected chi connectivity index (χ1v) is 9.47. The monoisotopic (exact) mass is 391 g/mol. The molecule has 0 unspecified atom stereocenters. The van der Waals surface area contributed by atoms with Crippen molar-refractivity contribution in [1.82, 2.24) is 4.90 Å². The van der Waals surface area contributed by atoms with Crippen molar-refractivity contribution in [1.29, 1.82) is 0 Å². The summed E-state index contributed by atoms with van der Waals surface area (Å²) in [7, 11) is 1.25. The number of fused-ring (bicyclic) bond motifs is 1. The number of amides is 1. The van der Waals surface area contributed by atoms with E-state index in [0.29, 0.717) is 0 Å². The molecule has 2 fully saturated rings. The average Bonchev–Trinajstić information content (AvgIpc) is 3.14. The third kappa shape index (κ3) is 2.93. The third-order valence-corrected chi connectivity index (χ3v) is 5.83. The smallest absolute Gasteiger partial charge is 0.337 e. The maximum Gasteiger partial charge on any atom is 0.337 e. The maximum atomic E-state index is 13.1. The van der Waals surface area contributed by atoms with E-state index in [9.17, 15) is 14.7 Å². The molecule has 0 radical (unpaired) electrons. The summed E-state index contributed by atoms with van der Waals surface area (Å²) in [5.74, 6) is -1.87. The zero-order valence-electron chi connectivity index (χ0n) is 17.1. The molecule has 1 N–H and O–H groups in total. The number of aliphatic hydroxyl groups is 1. The van der Waals surface area contributed by atoms with E-state index in [4.69, 9.17) is 14.2 Å². The van der Waals surface area contributed by atoms with Gasteiger partial charge in [-0.3, -0.25) is 9.69 Å². The Morgan fingerprint density at radius 3 is 2.54 bits per heavy atom. The predicted octanol–water partition coefficient (Wildman–Crippen LogP) is 1.73. The lowest BCUT2D eigenvalue weighted by Gasteiger charge is -2.41. The van der Waals surface area contributed by atoms with Crippen LogP contribution in [0.4, 0.5) is 0 Å². The first kappa shape index (κ1) is 20.8. The summed E-state index contributed by atoms with van der Waals surface area (Å²) in [6.45, 7) is 7.32. The molecule has 4 atom stereocenters. The molecule has 3 rings (SSSR count). The lowest BCUT2D eigenvalue weighted by molar-refractivity contribution is -0.176. The minimum absolute atomic E-state index is 0.136. The quantitative estimate of drug-likeness (QED) is 0.770. The Morgan fingerprint density at radius 2 is 1.96 bits per heavy atom. The summed E-state index contributed by atoms with van der Waals surface area (Å²) < 4.78 is 16.7. The molecule has 2 aliphatic heterocycles. The van der Waals surface area contributed by atoms with E-state index in [1.54, 1.807) is 6.92 Å². The zero-order chi connectivity index (χ0) is 20.7. The molecule has 0 spiro atoms. The van der Waals surface area contributed by atoms with Crippen LogP contribution in [0.1, 0.15) is 33.3 Å². The van der Waals surface area contributed by atoms with Gasteiger partial charge in [-0.25, -0.2) is 4.79 Å². The lowest BCUT2D eigenvalue weighted by atomic mass is 9.76. The van der Waals surface area contributed by atoms with Crippen molar-refractivity contribution in [2.24, 2.45) is 11.3 Å². The Hall–Kier alpha value is -1.96. The number of methoxy groups -OCH3 is 1. The van der Waals surface area contributed by atoms with Gasteiger partial charge in [0.25, 0.3) is 0 Å². The van der Waals surface area contributed by atoms with Crippen LogP contribution in [0, 0.1) is 11.3 Å². The summed E-state index contributed by atoms with van der Waals surface area (Å²) in [5.41, 5.74) is -2.91. The molecule has 28 heavy (non-hydrogen) atoms. The molecule has 7 heteroatoms. The van der Waals surface area contributed by atoms with Gasteiger partial charge >= 0.3 is 5.97 Å². The van der Waals surface area contributed by atoms with Crippen LogP contribution >= 0.6 is 0 Å². The molecule has 2 aliphatic rings. The van der Waals surface area contributed by atoms with E-state index < -0.39 is 34.7 Å². The Kier molecular flexibility index (Phi) is 5.29. The van der Waals surface area contributed by atoms with Crippen LogP contribution in [-0.4, -0.2) is 59.6 Å². The summed E-state index contributed by atoms with van der Waals surface area (Å²) in [6, 6.07) is 9.51. The number of hydrogen-bond donors (Lipinski definition) is 1. The fourth-order valence-corrected chi connectivity index (χ4v) is 4.24. The number of carbonyl (C=O) groups is 2. The van der Waals surface area contributed by atoms with Gasteiger partial charge in [0.2, 0.25) is 5.91 Å². The van der Waals surface area contributed by atoms with Gasteiger partial charge in [0, 0.05) is 5.41 Å². The van der Waals surface area contributed by atoms with Crippen molar-refractivity contribution in [2.75, 3.05) is 20.3 Å². The van der Waals surface area contributed by atoms with Crippen molar-refractivity contribution in [3.8, 4) is 0 Å². The molecule has 2 heterocycles. The molecule has 0 saturated carbocycles. The van der Waals surface area contributed by atoms with E-state index in [0.717, 1.165) is 5.56 Å². The highest BCUT2D eigenvalue weighted by atomic mass is 16.6. The molecule has 7 nitrogen and oxygen atoms in total. The minimum atomic E-state index is -1.77. The normalized spacial score (nSPS) is 32.5. The van der Waals surface area contributed by atoms with Crippen LogP contribution in [0.15, 0.2) is 30.3 Å². The first-order valence-electron chi connectivity index (χ1n) is 9.47. The third-order valence-electron chi connectivity index (χ3n) is 5.83. The number of nitrogens with zero attached hydrogens (tertiary/aromatic N) is 1. The number of rotatable bonds is 5. The van der Waals surface area contributed by atoms with Crippen molar-refractivity contribution in [3.05, 3.63) is 35.9 Å². The van der Waals surface area contributed by atoms with Crippen molar-refractivity contribution >= 4 is 11.9 Å². The van der Waals surface area contributed by atoms with E-state index in [1.807, 2.05) is 51.1 Å². The molecule has 1 aromatic carbocycles. The Labute approximate surface area is 165 Å². The van der Waals surface area contributed by atoms with Crippen LogP contribution in [-0.2, 0) is 30.4 Å². The highest BCUT2D eigenvalue weighted by molar-refractivity contribution is 5.96. The molecular weight excluding hydrogens is 362 g/mol. The van der Waals surface area contributed by atoms with E-state index >= 15 is 0 Å². The van der Waals surface area contributed by atoms with Crippen molar-refractivity contribution < 1.29 is 28.9 Å². The number of carbonyl (C=O) groups excluding carboxylic acids is 2. The number of benzene rings is 1. The summed E-state index contributed by atoms with van der Waals surface area (Å²) in [4.78, 5) is 27.4. The van der Waals surface area contributed by atoms with E-state index in [2.05, 4.69) is 0 Å². The zero-order valence-corrected chi connectivity index (χ0v) is 17.1. The van der Waals surface area contributed by atoms with Crippen molar-refractivity contribution in [3.63, 3.8) is 0 Å². The molecule has 1 aromatic rings. The van der Waals surface area contributed by atoms with E-state index in [-0.39, 0.29) is 25.7 Å². The molecule has 2 saturated heterocycles. The van der Waals surface area contributed by atoms with Crippen LogP contribution < -0.4 is 0 Å². The minimum Gasteiger partial charge on any atom is -0.467 e. The Balaban J connectivity index is 1.94. The van der Waals surface area contributed by atoms with Crippen LogP contribution in [0.3, 0.4) is 0 Å². The highest BCUT2D eigenvalue weighted by Crippen LogP contribution is 2.52. The molecule has 1 amide bonds. The van der Waals surface area contributed by atoms with Crippen LogP contribution in [0.5, 0.6) is 0 Å². The van der Waals surface area contributed by atoms with Crippen molar-refractivity contribution in [2.45, 2.75) is 51.7 Å². The summed E-state index contributed by atoms with van der Waals surface area (Å²) in [6.07, 6.45) is -0.648. The number of esters is 1. The average molecular weight is 391 g/mol. The topological polar surface area (TPSA) is 85.3 Å². The molecular formula is C21H29NO6. The van der Waals surface area contributed by atoms with Crippen LogP contribution in [0.25, 0.3) is 0 Å². The molecule has 0 aromatic heterocycles. The second-order valence-corrected chi connectivity index (χ2v) is 8.71. The molecule has 0 bridgehead atoms. The number of ether oxygens (including phenoxy) is 3. The van der Waals surface area contributed by atoms with Gasteiger partial charge in [0.15, 0.2) is 5.54 Å². The Morgan fingerprint density at radius 1 is 1.32 bits per heavy atom. The fourth-order valence-electron chi connectivity index (χ4n) is 4.24. The van der Waals surface area contributed by atoms with Gasteiger partial charge in [-0.15, -0.1) is 0 Å². The number of hydrogen-bond acceptors (Lipinski definition) is 6. The van der Waals surface area contributed by atoms with Gasteiger partial charge in [-0.1, -0.05) is 58.0 Å². The standard InChI is InChI=1S/C21H29NO6/c1-14-16(23)22-17(19(2,3)4)28-12-20(22,18(24)26-5)21(14,25)13-27-11-15-9-7-6-8-10-15/h6-10,14,17,25H,11-13H2,1-5H3/t14-,17-,20+,21-/m1/s1. The fraction of sp³-hybridized carbons (Fsp3) is 0.619. The van der Waals surface area contributed by atoms with Gasteiger partial charge in [-0.2, -0.15) is 0 Å². The van der Waals surface area contributed by atoms with Gasteiger partial charge < -0.3 is 19.3 Å².